The van der Waals surface area contributed by atoms with E-state index in [0.717, 1.165) is 23.4 Å². The molecule has 1 amide bonds. The number of benzene rings is 2. The van der Waals surface area contributed by atoms with Crippen LogP contribution in [0, 0.1) is 0 Å². The molecule has 0 unspecified atom stereocenters. The fourth-order valence-corrected chi connectivity index (χ4v) is 5.29. The number of hydrogen-bond donors (Lipinski definition) is 0. The van der Waals surface area contributed by atoms with Crippen LogP contribution >= 0.6 is 22.9 Å². The summed E-state index contributed by atoms with van der Waals surface area (Å²) in [4.78, 5) is 31.5. The first-order chi connectivity index (χ1) is 18.2. The quantitative estimate of drug-likeness (QED) is 0.195. The smallest absolute Gasteiger partial charge is 0.417 e. The third kappa shape index (κ3) is 5.46. The Morgan fingerprint density at radius 1 is 1.05 bits per heavy atom. The number of likely N-dealkylation sites (tertiary alicyclic amines) is 1. The van der Waals surface area contributed by atoms with Crippen molar-refractivity contribution in [1.82, 2.24) is 14.5 Å². The Balaban J connectivity index is 1.24. The van der Waals surface area contributed by atoms with Gasteiger partial charge in [0.2, 0.25) is 0 Å². The van der Waals surface area contributed by atoms with Crippen molar-refractivity contribution in [2.75, 3.05) is 13.1 Å². The van der Waals surface area contributed by atoms with Crippen LogP contribution in [0.1, 0.15) is 44.5 Å². The predicted octanol–water partition coefficient (Wildman–Crippen LogP) is 6.98. The van der Waals surface area contributed by atoms with Gasteiger partial charge in [-0.15, -0.1) is 11.3 Å². The highest BCUT2D eigenvalue weighted by Gasteiger charge is 2.34. The molecule has 38 heavy (non-hydrogen) atoms. The molecule has 196 valence electrons. The average Bonchev–Trinajstić information content (AvgIpc) is 3.61. The molecule has 2 aromatic carbocycles. The lowest BCUT2D eigenvalue weighted by Crippen LogP contribution is -2.39. The first-order valence-electron chi connectivity index (χ1n) is 11.7. The van der Waals surface area contributed by atoms with Gasteiger partial charge in [0.05, 0.1) is 28.8 Å². The Morgan fingerprint density at radius 3 is 2.45 bits per heavy atom. The van der Waals surface area contributed by atoms with E-state index in [0.29, 0.717) is 36.6 Å². The van der Waals surface area contributed by atoms with Crippen LogP contribution in [0.2, 0.25) is 5.02 Å². The van der Waals surface area contributed by atoms with E-state index in [1.54, 1.807) is 41.7 Å². The minimum atomic E-state index is -4.64. The van der Waals surface area contributed by atoms with Crippen molar-refractivity contribution in [2.24, 2.45) is 0 Å². The van der Waals surface area contributed by atoms with E-state index in [2.05, 4.69) is 4.98 Å². The zero-order chi connectivity index (χ0) is 26.9. The Morgan fingerprint density at radius 2 is 1.79 bits per heavy atom. The van der Waals surface area contributed by atoms with Gasteiger partial charge < -0.3 is 14.2 Å². The molecule has 2 aromatic heterocycles. The Labute approximate surface area is 225 Å². The highest BCUT2D eigenvalue weighted by atomic mass is 35.5. The minimum absolute atomic E-state index is 0.0386. The molecule has 0 atom stereocenters. The molecule has 0 spiro atoms. The van der Waals surface area contributed by atoms with Gasteiger partial charge in [0, 0.05) is 30.3 Å². The van der Waals surface area contributed by atoms with Crippen LogP contribution in [0.25, 0.3) is 11.3 Å². The summed E-state index contributed by atoms with van der Waals surface area (Å²) in [7, 11) is 0. The molecule has 6 nitrogen and oxygen atoms in total. The molecule has 4 aromatic rings. The summed E-state index contributed by atoms with van der Waals surface area (Å²) in [5.74, 6) is -0.433. The zero-order valence-corrected chi connectivity index (χ0v) is 21.4. The number of alkyl halides is 3. The summed E-state index contributed by atoms with van der Waals surface area (Å²) in [6, 6.07) is 13.9. The molecule has 0 aliphatic carbocycles. The molecule has 0 saturated carbocycles. The van der Waals surface area contributed by atoms with Crippen LogP contribution in [0.15, 0.2) is 72.5 Å². The lowest BCUT2D eigenvalue weighted by atomic mass is 10.0. The number of thiophene rings is 1. The number of carbonyl (C=O) groups is 2. The summed E-state index contributed by atoms with van der Waals surface area (Å²) in [6.45, 7) is 0.783. The van der Waals surface area contributed by atoms with Gasteiger partial charge in [-0.3, -0.25) is 4.79 Å². The number of aromatic nitrogens is 2. The molecular formula is C27H21ClF3N3O3S. The lowest BCUT2D eigenvalue weighted by Gasteiger charge is -2.33. The van der Waals surface area contributed by atoms with Crippen LogP contribution in [-0.4, -0.2) is 39.4 Å². The van der Waals surface area contributed by atoms with Gasteiger partial charge in [0.15, 0.2) is 0 Å². The van der Waals surface area contributed by atoms with Crippen molar-refractivity contribution < 1.29 is 27.5 Å². The van der Waals surface area contributed by atoms with Gasteiger partial charge >= 0.3 is 12.1 Å². The number of ether oxygens (including phenoxy) is 1. The third-order valence-corrected chi connectivity index (χ3v) is 7.59. The number of imidazole rings is 1. The first kappa shape index (κ1) is 26.0. The number of carbonyl (C=O) groups excluding carboxylic acids is 2. The normalized spacial score (nSPS) is 14.5. The maximum atomic E-state index is 13.2. The summed E-state index contributed by atoms with van der Waals surface area (Å²) >= 11 is 7.00. The SMILES string of the molecule is O=C(Oc1ccc(-c2cncn2C2CCN(C(=O)c3ccc(Cl)c(C(F)(F)F)c3)CC2)cc1)c1cccs1. The molecule has 0 bridgehead atoms. The molecule has 11 heteroatoms. The van der Waals surface area contributed by atoms with Gasteiger partial charge in [-0.1, -0.05) is 17.7 Å². The Bertz CT molecular complexity index is 1440. The Hall–Kier alpha value is -3.63. The maximum Gasteiger partial charge on any atom is 0.417 e. The Kier molecular flexibility index (Phi) is 7.27. The number of hydrogen-bond acceptors (Lipinski definition) is 5. The fraction of sp³-hybridized carbons (Fsp3) is 0.222. The molecule has 3 heterocycles. The van der Waals surface area contributed by atoms with E-state index in [1.807, 2.05) is 22.1 Å². The van der Waals surface area contributed by atoms with E-state index in [4.69, 9.17) is 16.3 Å². The van der Waals surface area contributed by atoms with E-state index in [1.165, 1.54) is 17.4 Å². The van der Waals surface area contributed by atoms with Gasteiger partial charge in [0.1, 0.15) is 10.6 Å². The second kappa shape index (κ2) is 10.6. The highest BCUT2D eigenvalue weighted by molar-refractivity contribution is 7.12. The monoisotopic (exact) mass is 559 g/mol. The van der Waals surface area contributed by atoms with Crippen molar-refractivity contribution in [3.8, 4) is 17.0 Å². The van der Waals surface area contributed by atoms with Crippen LogP contribution < -0.4 is 4.74 Å². The molecule has 1 fully saturated rings. The third-order valence-electron chi connectivity index (χ3n) is 6.41. The van der Waals surface area contributed by atoms with E-state index in [9.17, 15) is 22.8 Å². The molecule has 1 aliphatic rings. The van der Waals surface area contributed by atoms with Crippen molar-refractivity contribution in [3.05, 3.63) is 93.5 Å². The molecule has 1 saturated heterocycles. The van der Waals surface area contributed by atoms with Gasteiger partial charge in [-0.2, -0.15) is 13.2 Å². The number of piperidine rings is 1. The number of halogens is 4. The lowest BCUT2D eigenvalue weighted by molar-refractivity contribution is -0.137. The second-order valence-corrected chi connectivity index (χ2v) is 10.1. The molecule has 1 aliphatic heterocycles. The minimum Gasteiger partial charge on any atom is -0.422 e. The van der Waals surface area contributed by atoms with Gasteiger partial charge in [-0.25, -0.2) is 9.78 Å². The van der Waals surface area contributed by atoms with Crippen LogP contribution in [0.5, 0.6) is 5.75 Å². The highest BCUT2D eigenvalue weighted by Crippen LogP contribution is 2.36. The maximum absolute atomic E-state index is 13.2. The van der Waals surface area contributed by atoms with Crippen LogP contribution in [0.4, 0.5) is 13.2 Å². The van der Waals surface area contributed by atoms with Crippen molar-refractivity contribution >= 4 is 34.8 Å². The molecule has 0 N–H and O–H groups in total. The fourth-order valence-electron chi connectivity index (χ4n) is 4.47. The number of esters is 1. The van der Waals surface area contributed by atoms with E-state index < -0.39 is 28.6 Å². The van der Waals surface area contributed by atoms with Crippen molar-refractivity contribution in [3.63, 3.8) is 0 Å². The summed E-state index contributed by atoms with van der Waals surface area (Å²) < 4.78 is 47.1. The number of rotatable bonds is 5. The average molecular weight is 560 g/mol. The number of nitrogens with zero attached hydrogens (tertiary/aromatic N) is 3. The number of amides is 1. The van der Waals surface area contributed by atoms with Crippen molar-refractivity contribution in [2.45, 2.75) is 25.1 Å². The molecule has 5 rings (SSSR count). The zero-order valence-electron chi connectivity index (χ0n) is 19.8. The largest absolute Gasteiger partial charge is 0.422 e. The standard InChI is InChI=1S/C27H21ClF3N3O3S/c28-22-8-5-18(14-21(22)27(29,30)31)25(35)33-11-9-19(10-12-33)34-16-32-15-23(34)17-3-6-20(7-4-17)37-26(36)24-2-1-13-38-24/h1-8,13-16,19H,9-12H2. The second-order valence-electron chi connectivity index (χ2n) is 8.79. The van der Waals surface area contributed by atoms with Gasteiger partial charge in [0.25, 0.3) is 5.91 Å². The first-order valence-corrected chi connectivity index (χ1v) is 13.0. The van der Waals surface area contributed by atoms with E-state index in [-0.39, 0.29) is 11.6 Å². The molecule has 0 radical (unpaired) electrons. The van der Waals surface area contributed by atoms with E-state index >= 15 is 0 Å². The molecular weight excluding hydrogens is 539 g/mol. The topological polar surface area (TPSA) is 64.4 Å². The predicted molar refractivity (Wildman–Crippen MR) is 138 cm³/mol. The van der Waals surface area contributed by atoms with Gasteiger partial charge in [-0.05, 0) is 66.8 Å². The van der Waals surface area contributed by atoms with Crippen LogP contribution in [0.3, 0.4) is 0 Å². The van der Waals surface area contributed by atoms with Crippen LogP contribution in [-0.2, 0) is 6.18 Å². The van der Waals surface area contributed by atoms with Crippen molar-refractivity contribution in [1.29, 1.82) is 0 Å². The summed E-state index contributed by atoms with van der Waals surface area (Å²) in [5, 5.41) is 1.37. The summed E-state index contributed by atoms with van der Waals surface area (Å²) in [5.41, 5.74) is 0.704. The summed E-state index contributed by atoms with van der Waals surface area (Å²) in [6.07, 6.45) is 0.0758.